The number of nitrogens with zero attached hydrogens (tertiary/aromatic N) is 2. The first-order valence-corrected chi connectivity index (χ1v) is 21.3. The molecule has 6 rings (SSSR count). The van der Waals surface area contributed by atoms with Crippen LogP contribution in [0.15, 0.2) is 76.6 Å². The highest BCUT2D eigenvalue weighted by Crippen LogP contribution is 2.57. The molecular formula is C40H53BBrN3O9S. The number of Topliss-reactive ketones (excluding diaryl/α,β-unsaturated/α-hetero) is 1. The number of ketones is 1. The van der Waals surface area contributed by atoms with Crippen molar-refractivity contribution in [1.29, 1.82) is 0 Å². The predicted octanol–water partition coefficient (Wildman–Crippen LogP) is 4.19. The third kappa shape index (κ3) is 10.5. The molecule has 2 amide bonds. The maximum absolute atomic E-state index is 14.4. The fraction of sp³-hybridized carbons (Fsp3) is 0.550. The van der Waals surface area contributed by atoms with E-state index in [1.54, 1.807) is 48.5 Å². The lowest BCUT2D eigenvalue weighted by Gasteiger charge is -2.34. The monoisotopic (exact) mass is 841 g/mol. The van der Waals surface area contributed by atoms with Crippen LogP contribution < -0.4 is 10.8 Å². The molecular weight excluding hydrogens is 789 g/mol. The summed E-state index contributed by atoms with van der Waals surface area (Å²) in [6.07, 6.45) is 7.40. The molecule has 0 aromatic heterocycles. The van der Waals surface area contributed by atoms with Crippen LogP contribution >= 0.6 is 15.9 Å². The fourth-order valence-electron chi connectivity index (χ4n) is 7.43. The van der Waals surface area contributed by atoms with E-state index in [1.807, 2.05) is 26.8 Å². The van der Waals surface area contributed by atoms with Crippen LogP contribution in [0.1, 0.15) is 78.6 Å². The standard InChI is InChI=1S/C34H46BrN3O7S.C6H7BO2/c1-5-23-17-34(23,32(42)36-19-22-14-15-22)18-28(39)27-20-37(46(43,44)29-13-9-8-12-26(29)35)21-38(27)31(41)25(33(2,3)4)16-30(40)45-24-10-6-7-11-24;8-7(9)6-4-2-1-3-5-6/h5,8-9,12-13,22-25,27H,1,6-7,10-11,14-21H2,2-4H3,(H,36,42);1-5,8-9H/t23-,25-,27+,34-;/m1./s1. The molecule has 2 aromatic carbocycles. The highest BCUT2D eigenvalue weighted by molar-refractivity contribution is 9.10. The summed E-state index contributed by atoms with van der Waals surface area (Å²) in [5.74, 6) is -2.13. The Morgan fingerprint density at radius 1 is 1.04 bits per heavy atom. The minimum Gasteiger partial charge on any atom is -0.462 e. The zero-order chi connectivity index (χ0) is 40.1. The van der Waals surface area contributed by atoms with E-state index in [4.69, 9.17) is 14.8 Å². The van der Waals surface area contributed by atoms with Crippen molar-refractivity contribution >= 4 is 62.1 Å². The minimum absolute atomic E-state index is 0.0212. The zero-order valence-corrected chi connectivity index (χ0v) is 34.3. The average molecular weight is 843 g/mol. The third-order valence-corrected chi connectivity index (χ3v) is 14.0. The Hall–Kier alpha value is -3.37. The number of hydrogen-bond acceptors (Lipinski definition) is 9. The van der Waals surface area contributed by atoms with Crippen molar-refractivity contribution in [3.63, 3.8) is 0 Å². The number of carbonyl (C=O) groups excluding carboxylic acids is 4. The average Bonchev–Trinajstić information content (AvgIpc) is 3.98. The van der Waals surface area contributed by atoms with E-state index in [0.717, 1.165) is 42.8 Å². The summed E-state index contributed by atoms with van der Waals surface area (Å²) in [4.78, 5) is 56.4. The number of benzene rings is 2. The maximum Gasteiger partial charge on any atom is 0.488 e. The molecule has 4 atom stereocenters. The van der Waals surface area contributed by atoms with Crippen LogP contribution in [0, 0.1) is 28.6 Å². The van der Waals surface area contributed by atoms with Gasteiger partial charge in [-0.3, -0.25) is 19.2 Å². The molecule has 0 bridgehead atoms. The fourth-order valence-corrected chi connectivity index (χ4v) is 9.79. The Kier molecular flexibility index (Phi) is 13.9. The van der Waals surface area contributed by atoms with Crippen LogP contribution in [-0.2, 0) is 33.9 Å². The van der Waals surface area contributed by atoms with Crippen molar-refractivity contribution in [3.05, 3.63) is 71.7 Å². The lowest BCUT2D eigenvalue weighted by Crippen LogP contribution is -2.49. The van der Waals surface area contributed by atoms with Crippen LogP contribution in [0.5, 0.6) is 0 Å². The molecule has 15 heteroatoms. The molecule has 4 aliphatic rings. The van der Waals surface area contributed by atoms with Gasteiger partial charge in [-0.1, -0.05) is 69.3 Å². The van der Waals surface area contributed by atoms with Crippen LogP contribution in [-0.4, -0.2) is 90.3 Å². The molecule has 298 valence electrons. The summed E-state index contributed by atoms with van der Waals surface area (Å²) < 4.78 is 35.0. The number of rotatable bonds is 14. The Morgan fingerprint density at radius 3 is 2.22 bits per heavy atom. The summed E-state index contributed by atoms with van der Waals surface area (Å²) in [6.45, 7) is 9.36. The van der Waals surface area contributed by atoms with Crippen molar-refractivity contribution in [2.75, 3.05) is 19.8 Å². The number of carbonyl (C=O) groups is 4. The van der Waals surface area contributed by atoms with Gasteiger partial charge in [0.1, 0.15) is 12.1 Å². The molecule has 4 fully saturated rings. The molecule has 2 aromatic rings. The highest BCUT2D eigenvalue weighted by Gasteiger charge is 2.60. The van der Waals surface area contributed by atoms with E-state index in [9.17, 15) is 27.6 Å². The number of nitrogens with one attached hydrogen (secondary N) is 1. The second kappa shape index (κ2) is 17.8. The van der Waals surface area contributed by atoms with Gasteiger partial charge in [-0.2, -0.15) is 4.31 Å². The number of esters is 1. The third-order valence-electron chi connectivity index (χ3n) is 11.2. The summed E-state index contributed by atoms with van der Waals surface area (Å²) in [7, 11) is -5.46. The summed E-state index contributed by atoms with van der Waals surface area (Å²) in [5.41, 5.74) is -1.13. The van der Waals surface area contributed by atoms with Crippen LogP contribution in [0.3, 0.4) is 0 Å². The van der Waals surface area contributed by atoms with E-state index >= 15 is 0 Å². The normalized spacial score (nSPS) is 23.3. The summed E-state index contributed by atoms with van der Waals surface area (Å²) in [6, 6.07) is 13.9. The predicted molar refractivity (Wildman–Crippen MR) is 212 cm³/mol. The highest BCUT2D eigenvalue weighted by atomic mass is 79.9. The number of halogens is 1. The second-order valence-corrected chi connectivity index (χ2v) is 19.1. The zero-order valence-electron chi connectivity index (χ0n) is 31.9. The Balaban J connectivity index is 0.000000566. The number of sulfonamides is 1. The van der Waals surface area contributed by atoms with Crippen molar-refractivity contribution < 1.29 is 42.4 Å². The van der Waals surface area contributed by atoms with Gasteiger partial charge >= 0.3 is 13.1 Å². The number of hydrogen-bond donors (Lipinski definition) is 3. The summed E-state index contributed by atoms with van der Waals surface area (Å²) >= 11 is 3.33. The topological polar surface area (TPSA) is 171 Å². The molecule has 1 aliphatic heterocycles. The van der Waals surface area contributed by atoms with Gasteiger partial charge < -0.3 is 25.0 Å². The second-order valence-electron chi connectivity index (χ2n) is 16.3. The van der Waals surface area contributed by atoms with Gasteiger partial charge in [0.2, 0.25) is 21.8 Å². The van der Waals surface area contributed by atoms with Crippen molar-refractivity contribution in [1.82, 2.24) is 14.5 Å². The van der Waals surface area contributed by atoms with E-state index in [0.29, 0.717) is 28.8 Å². The van der Waals surface area contributed by atoms with Crippen LogP contribution in [0.25, 0.3) is 0 Å². The van der Waals surface area contributed by atoms with Crippen molar-refractivity contribution in [2.45, 2.75) is 95.6 Å². The van der Waals surface area contributed by atoms with Gasteiger partial charge in [-0.05, 0) is 95.7 Å². The molecule has 1 heterocycles. The van der Waals surface area contributed by atoms with Gasteiger partial charge in [-0.15, -0.1) is 6.58 Å². The first-order valence-electron chi connectivity index (χ1n) is 19.1. The minimum atomic E-state index is -4.12. The first-order chi connectivity index (χ1) is 26.0. The Labute approximate surface area is 333 Å². The molecule has 3 N–H and O–H groups in total. The first kappa shape index (κ1) is 42.8. The SMILES string of the molecule is C=C[C@@H]1C[C@]1(CC(=O)[C@@H]1CN(S(=O)(=O)c2ccccc2Br)CN1C(=O)[C@@H](CC(=O)OC1CCCC1)C(C)(C)C)C(=O)NCC1CC1.OB(O)c1ccccc1. The molecule has 0 radical (unpaired) electrons. The van der Waals surface area contributed by atoms with Gasteiger partial charge in [0, 0.05) is 24.0 Å². The van der Waals surface area contributed by atoms with Gasteiger partial charge in [0.05, 0.1) is 29.3 Å². The van der Waals surface area contributed by atoms with Gasteiger partial charge in [0.15, 0.2) is 5.78 Å². The molecule has 0 unspecified atom stereocenters. The van der Waals surface area contributed by atoms with Crippen LogP contribution in [0.2, 0.25) is 0 Å². The molecule has 3 aliphatic carbocycles. The van der Waals surface area contributed by atoms with E-state index in [1.165, 1.54) is 11.0 Å². The number of ether oxygens (including phenoxy) is 1. The lowest BCUT2D eigenvalue weighted by molar-refractivity contribution is -0.156. The Morgan fingerprint density at radius 2 is 1.67 bits per heavy atom. The Bertz CT molecular complexity index is 1830. The van der Waals surface area contributed by atoms with Crippen molar-refractivity contribution in [3.8, 4) is 0 Å². The van der Waals surface area contributed by atoms with E-state index < -0.39 is 51.8 Å². The lowest BCUT2D eigenvalue weighted by atomic mass is 9.77. The van der Waals surface area contributed by atoms with E-state index in [-0.39, 0.29) is 54.7 Å². The van der Waals surface area contributed by atoms with Crippen LogP contribution in [0.4, 0.5) is 0 Å². The van der Waals surface area contributed by atoms with Gasteiger partial charge in [0.25, 0.3) is 0 Å². The quantitative estimate of drug-likeness (QED) is 0.144. The summed E-state index contributed by atoms with van der Waals surface area (Å²) in [5, 5.41) is 20.2. The van der Waals surface area contributed by atoms with Crippen molar-refractivity contribution in [2.24, 2.45) is 28.6 Å². The largest absolute Gasteiger partial charge is 0.488 e. The molecule has 3 saturated carbocycles. The molecule has 12 nitrogen and oxygen atoms in total. The van der Waals surface area contributed by atoms with E-state index in [2.05, 4.69) is 27.8 Å². The maximum atomic E-state index is 14.4. The molecule has 1 saturated heterocycles. The smallest absolute Gasteiger partial charge is 0.462 e. The molecule has 0 spiro atoms. The number of allylic oxidation sites excluding steroid dienone is 1. The van der Waals surface area contributed by atoms with Gasteiger partial charge in [-0.25, -0.2) is 8.42 Å². The number of amides is 2. The molecule has 55 heavy (non-hydrogen) atoms.